The SMILES string of the molecule is NC(=S)c1ccc(Nc2ccc3ncccc3c2)cc1. The van der Waals surface area contributed by atoms with Gasteiger partial charge in [-0.25, -0.2) is 0 Å². The minimum Gasteiger partial charge on any atom is -0.389 e. The van der Waals surface area contributed by atoms with Gasteiger partial charge >= 0.3 is 0 Å². The normalized spacial score (nSPS) is 10.4. The number of thiocarbonyl (C=S) groups is 1. The number of nitrogens with zero attached hydrogens (tertiary/aromatic N) is 1. The van der Waals surface area contributed by atoms with Crippen molar-refractivity contribution < 1.29 is 0 Å². The highest BCUT2D eigenvalue weighted by Gasteiger charge is 1.99. The summed E-state index contributed by atoms with van der Waals surface area (Å²) in [6.45, 7) is 0. The predicted molar refractivity (Wildman–Crippen MR) is 87.4 cm³/mol. The second-order valence-corrected chi connectivity index (χ2v) is 4.92. The van der Waals surface area contributed by atoms with Crippen LogP contribution in [0.2, 0.25) is 0 Å². The highest BCUT2D eigenvalue weighted by atomic mass is 32.1. The average molecular weight is 279 g/mol. The zero-order chi connectivity index (χ0) is 13.9. The van der Waals surface area contributed by atoms with Crippen molar-refractivity contribution in [2.45, 2.75) is 0 Å². The summed E-state index contributed by atoms with van der Waals surface area (Å²) < 4.78 is 0. The summed E-state index contributed by atoms with van der Waals surface area (Å²) >= 11 is 4.94. The maximum absolute atomic E-state index is 5.58. The van der Waals surface area contributed by atoms with Crippen LogP contribution in [0.25, 0.3) is 10.9 Å². The van der Waals surface area contributed by atoms with Crippen molar-refractivity contribution >= 4 is 39.5 Å². The molecule has 0 fully saturated rings. The Labute approximate surface area is 122 Å². The number of anilines is 2. The third-order valence-electron chi connectivity index (χ3n) is 3.06. The maximum atomic E-state index is 5.58. The lowest BCUT2D eigenvalue weighted by molar-refractivity contribution is 1.41. The van der Waals surface area contributed by atoms with Crippen molar-refractivity contribution in [1.29, 1.82) is 0 Å². The number of fused-ring (bicyclic) bond motifs is 1. The van der Waals surface area contributed by atoms with Crippen LogP contribution in [0.15, 0.2) is 60.8 Å². The standard InChI is InChI=1S/C16H13N3S/c17-16(20)11-3-5-13(6-4-11)19-14-7-8-15-12(10-14)2-1-9-18-15/h1-10,19H,(H2,17,20). The molecule has 0 spiro atoms. The van der Waals surface area contributed by atoms with Gasteiger partial charge in [-0.15, -0.1) is 0 Å². The van der Waals surface area contributed by atoms with Crippen LogP contribution in [0.1, 0.15) is 5.56 Å². The summed E-state index contributed by atoms with van der Waals surface area (Å²) in [5.41, 5.74) is 9.45. The van der Waals surface area contributed by atoms with E-state index in [1.54, 1.807) is 6.20 Å². The minimum atomic E-state index is 0.410. The Morgan fingerprint density at radius 3 is 2.50 bits per heavy atom. The molecule has 3 N–H and O–H groups in total. The first-order chi connectivity index (χ1) is 9.72. The Morgan fingerprint density at radius 2 is 1.75 bits per heavy atom. The third kappa shape index (κ3) is 2.60. The van der Waals surface area contributed by atoms with E-state index in [1.165, 1.54) is 0 Å². The zero-order valence-corrected chi connectivity index (χ0v) is 11.5. The van der Waals surface area contributed by atoms with E-state index in [1.807, 2.05) is 48.5 Å². The summed E-state index contributed by atoms with van der Waals surface area (Å²) in [6, 6.07) is 17.8. The van der Waals surface area contributed by atoms with Crippen molar-refractivity contribution in [2.24, 2.45) is 5.73 Å². The molecule has 1 heterocycles. The van der Waals surface area contributed by atoms with Crippen molar-refractivity contribution in [3.05, 3.63) is 66.4 Å². The van der Waals surface area contributed by atoms with Gasteiger partial charge in [-0.2, -0.15) is 0 Å². The van der Waals surface area contributed by atoms with E-state index < -0.39 is 0 Å². The van der Waals surface area contributed by atoms with Gasteiger partial charge in [-0.3, -0.25) is 4.98 Å². The molecule has 0 aliphatic rings. The van der Waals surface area contributed by atoms with E-state index in [0.29, 0.717) is 4.99 Å². The number of aromatic nitrogens is 1. The van der Waals surface area contributed by atoms with E-state index in [0.717, 1.165) is 27.8 Å². The number of pyridine rings is 1. The second-order valence-electron chi connectivity index (χ2n) is 4.48. The highest BCUT2D eigenvalue weighted by molar-refractivity contribution is 7.80. The fourth-order valence-corrected chi connectivity index (χ4v) is 2.17. The fourth-order valence-electron chi connectivity index (χ4n) is 2.04. The average Bonchev–Trinajstić information content (AvgIpc) is 2.48. The third-order valence-corrected chi connectivity index (χ3v) is 3.30. The van der Waals surface area contributed by atoms with Crippen molar-refractivity contribution in [3.8, 4) is 0 Å². The molecule has 0 bridgehead atoms. The van der Waals surface area contributed by atoms with Gasteiger partial charge in [-0.05, 0) is 48.5 Å². The molecule has 2 aromatic carbocycles. The number of nitrogens with one attached hydrogen (secondary N) is 1. The molecule has 4 heteroatoms. The van der Waals surface area contributed by atoms with Gasteiger partial charge in [-0.1, -0.05) is 18.3 Å². The van der Waals surface area contributed by atoms with Crippen molar-refractivity contribution in [1.82, 2.24) is 4.98 Å². The minimum absolute atomic E-state index is 0.410. The molecule has 0 atom stereocenters. The Balaban J connectivity index is 1.87. The van der Waals surface area contributed by atoms with E-state index in [9.17, 15) is 0 Å². The van der Waals surface area contributed by atoms with Crippen LogP contribution in [0.3, 0.4) is 0 Å². The lowest BCUT2D eigenvalue weighted by Crippen LogP contribution is -2.08. The molecule has 3 rings (SSSR count). The first-order valence-electron chi connectivity index (χ1n) is 6.24. The van der Waals surface area contributed by atoms with Gasteiger partial charge in [0.25, 0.3) is 0 Å². The maximum Gasteiger partial charge on any atom is 0.103 e. The molecule has 20 heavy (non-hydrogen) atoms. The van der Waals surface area contributed by atoms with Gasteiger partial charge in [0.2, 0.25) is 0 Å². The fraction of sp³-hybridized carbons (Fsp3) is 0. The van der Waals surface area contributed by atoms with Crippen LogP contribution in [0.5, 0.6) is 0 Å². The molecule has 0 amide bonds. The van der Waals surface area contributed by atoms with Crippen molar-refractivity contribution in [3.63, 3.8) is 0 Å². The van der Waals surface area contributed by atoms with Gasteiger partial charge in [0.05, 0.1) is 5.52 Å². The highest BCUT2D eigenvalue weighted by Crippen LogP contribution is 2.21. The molecule has 1 aromatic heterocycles. The second kappa shape index (κ2) is 5.27. The van der Waals surface area contributed by atoms with Crippen LogP contribution in [-0.4, -0.2) is 9.97 Å². The summed E-state index contributed by atoms with van der Waals surface area (Å²) in [5.74, 6) is 0. The van der Waals surface area contributed by atoms with E-state index >= 15 is 0 Å². The Hall–Kier alpha value is -2.46. The number of hydrogen-bond acceptors (Lipinski definition) is 3. The topological polar surface area (TPSA) is 50.9 Å². The smallest absolute Gasteiger partial charge is 0.103 e. The van der Waals surface area contributed by atoms with Gasteiger partial charge < -0.3 is 11.1 Å². The summed E-state index contributed by atoms with van der Waals surface area (Å²) in [7, 11) is 0. The van der Waals surface area contributed by atoms with Crippen LogP contribution in [0.4, 0.5) is 11.4 Å². The Morgan fingerprint density at radius 1 is 1.00 bits per heavy atom. The van der Waals surface area contributed by atoms with Crippen molar-refractivity contribution in [2.75, 3.05) is 5.32 Å². The predicted octanol–water partition coefficient (Wildman–Crippen LogP) is 3.61. The molecule has 0 unspecified atom stereocenters. The number of hydrogen-bond donors (Lipinski definition) is 2. The molecule has 0 aliphatic heterocycles. The Kier molecular flexibility index (Phi) is 3.31. The van der Waals surface area contributed by atoms with Crippen LogP contribution < -0.4 is 11.1 Å². The van der Waals surface area contributed by atoms with Crippen LogP contribution in [0, 0.1) is 0 Å². The number of benzene rings is 2. The van der Waals surface area contributed by atoms with E-state index in [-0.39, 0.29) is 0 Å². The lowest BCUT2D eigenvalue weighted by Gasteiger charge is -2.08. The van der Waals surface area contributed by atoms with Gasteiger partial charge in [0, 0.05) is 28.5 Å². The molecule has 3 nitrogen and oxygen atoms in total. The summed E-state index contributed by atoms with van der Waals surface area (Å²) in [4.78, 5) is 4.71. The van der Waals surface area contributed by atoms with Crippen LogP contribution >= 0.6 is 12.2 Å². The van der Waals surface area contributed by atoms with E-state index in [2.05, 4.69) is 16.4 Å². The first kappa shape index (κ1) is 12.6. The molecule has 0 saturated heterocycles. The first-order valence-corrected chi connectivity index (χ1v) is 6.65. The quantitative estimate of drug-likeness (QED) is 0.719. The van der Waals surface area contributed by atoms with E-state index in [4.69, 9.17) is 18.0 Å². The monoisotopic (exact) mass is 279 g/mol. The number of nitrogens with two attached hydrogens (primary N) is 1. The molecular formula is C16H13N3S. The molecule has 0 aliphatic carbocycles. The van der Waals surface area contributed by atoms with Crippen LogP contribution in [-0.2, 0) is 0 Å². The number of rotatable bonds is 3. The zero-order valence-electron chi connectivity index (χ0n) is 10.7. The summed E-state index contributed by atoms with van der Waals surface area (Å²) in [5, 5.41) is 4.46. The Bertz CT molecular complexity index is 766. The molecule has 0 radical (unpaired) electrons. The molecule has 98 valence electrons. The van der Waals surface area contributed by atoms with Gasteiger partial charge in [0.15, 0.2) is 0 Å². The molecule has 0 saturated carbocycles. The van der Waals surface area contributed by atoms with Gasteiger partial charge in [0.1, 0.15) is 4.99 Å². The largest absolute Gasteiger partial charge is 0.389 e. The molecule has 3 aromatic rings. The molecular weight excluding hydrogens is 266 g/mol. The lowest BCUT2D eigenvalue weighted by atomic mass is 10.1. The summed E-state index contributed by atoms with van der Waals surface area (Å²) in [6.07, 6.45) is 1.80.